The molecule has 2 fully saturated rings. The first-order chi connectivity index (χ1) is 8.65. The van der Waals surface area contributed by atoms with Crippen molar-refractivity contribution in [3.05, 3.63) is 0 Å². The van der Waals surface area contributed by atoms with Gasteiger partial charge in [0.1, 0.15) is 0 Å². The molecular weight excluding hydrogens is 220 g/mol. The highest BCUT2D eigenvalue weighted by Gasteiger charge is 2.44. The Hall–Kier alpha value is -0.0800. The molecule has 0 aromatic carbocycles. The fourth-order valence-electron chi connectivity index (χ4n) is 4.15. The van der Waals surface area contributed by atoms with E-state index in [4.69, 9.17) is 5.73 Å². The zero-order chi connectivity index (χ0) is 13.1. The molecule has 0 aromatic heterocycles. The van der Waals surface area contributed by atoms with Gasteiger partial charge >= 0.3 is 0 Å². The van der Waals surface area contributed by atoms with Crippen LogP contribution in [0.15, 0.2) is 0 Å². The number of hydrogen-bond acceptors (Lipinski definition) is 2. The lowest BCUT2D eigenvalue weighted by molar-refractivity contribution is -0.0563. The maximum absolute atomic E-state index is 5.77. The monoisotopic (exact) mass is 252 g/mol. The SMILES string of the molecule is CCCC(CCN)CC1C(C)CC1N1CC(C)C1. The van der Waals surface area contributed by atoms with Gasteiger partial charge in [-0.15, -0.1) is 0 Å². The predicted molar refractivity (Wildman–Crippen MR) is 78.5 cm³/mol. The number of likely N-dealkylation sites (tertiary alicyclic amines) is 1. The summed E-state index contributed by atoms with van der Waals surface area (Å²) < 4.78 is 0. The highest BCUT2D eigenvalue weighted by atomic mass is 15.2. The summed E-state index contributed by atoms with van der Waals surface area (Å²) in [5, 5.41) is 0. The lowest BCUT2D eigenvalue weighted by Gasteiger charge is -2.55. The molecule has 1 aliphatic carbocycles. The van der Waals surface area contributed by atoms with Crippen molar-refractivity contribution < 1.29 is 0 Å². The van der Waals surface area contributed by atoms with Gasteiger partial charge in [0.05, 0.1) is 0 Å². The molecule has 1 saturated carbocycles. The van der Waals surface area contributed by atoms with Crippen LogP contribution in [0.1, 0.15) is 52.9 Å². The summed E-state index contributed by atoms with van der Waals surface area (Å²) in [4.78, 5) is 2.74. The Bertz CT molecular complexity index is 241. The molecule has 1 saturated heterocycles. The average Bonchev–Trinajstić information content (AvgIpc) is 2.30. The summed E-state index contributed by atoms with van der Waals surface area (Å²) in [6.45, 7) is 10.7. The third-order valence-corrected chi connectivity index (χ3v) is 5.28. The van der Waals surface area contributed by atoms with E-state index in [1.165, 1.54) is 45.2 Å². The van der Waals surface area contributed by atoms with Crippen molar-refractivity contribution in [3.8, 4) is 0 Å². The Kier molecular flexibility index (Phi) is 5.08. The number of nitrogens with two attached hydrogens (primary N) is 1. The molecule has 1 heterocycles. The minimum absolute atomic E-state index is 0.872. The maximum Gasteiger partial charge on any atom is 0.0129 e. The normalized spacial score (nSPS) is 35.0. The molecule has 0 spiro atoms. The molecule has 2 N–H and O–H groups in total. The van der Waals surface area contributed by atoms with Crippen LogP contribution in [-0.2, 0) is 0 Å². The number of rotatable bonds is 7. The molecule has 2 heteroatoms. The van der Waals surface area contributed by atoms with Crippen LogP contribution in [0.4, 0.5) is 0 Å². The van der Waals surface area contributed by atoms with Crippen molar-refractivity contribution in [2.24, 2.45) is 29.4 Å². The largest absolute Gasteiger partial charge is 0.330 e. The maximum atomic E-state index is 5.77. The quantitative estimate of drug-likeness (QED) is 0.754. The lowest BCUT2D eigenvalue weighted by atomic mass is 9.64. The molecule has 0 radical (unpaired) electrons. The summed E-state index contributed by atoms with van der Waals surface area (Å²) >= 11 is 0. The van der Waals surface area contributed by atoms with Crippen molar-refractivity contribution in [1.29, 1.82) is 0 Å². The fourth-order valence-corrected chi connectivity index (χ4v) is 4.15. The Morgan fingerprint density at radius 3 is 2.44 bits per heavy atom. The fraction of sp³-hybridized carbons (Fsp3) is 1.00. The topological polar surface area (TPSA) is 29.3 Å². The van der Waals surface area contributed by atoms with Crippen LogP contribution in [0, 0.1) is 23.7 Å². The van der Waals surface area contributed by atoms with Gasteiger partial charge < -0.3 is 5.73 Å². The molecule has 2 rings (SSSR count). The van der Waals surface area contributed by atoms with Crippen molar-refractivity contribution in [1.82, 2.24) is 4.90 Å². The van der Waals surface area contributed by atoms with Crippen LogP contribution in [0.25, 0.3) is 0 Å². The highest BCUT2D eigenvalue weighted by molar-refractivity contribution is 4.98. The van der Waals surface area contributed by atoms with E-state index in [2.05, 4.69) is 25.7 Å². The van der Waals surface area contributed by atoms with Crippen molar-refractivity contribution in [3.63, 3.8) is 0 Å². The van der Waals surface area contributed by atoms with Gasteiger partial charge in [0.25, 0.3) is 0 Å². The molecule has 0 aromatic rings. The van der Waals surface area contributed by atoms with E-state index in [1.807, 2.05) is 0 Å². The first kappa shape index (κ1) is 14.3. The zero-order valence-electron chi connectivity index (χ0n) is 12.6. The van der Waals surface area contributed by atoms with Gasteiger partial charge in [0.2, 0.25) is 0 Å². The Labute approximate surface area is 113 Å². The molecule has 18 heavy (non-hydrogen) atoms. The van der Waals surface area contributed by atoms with E-state index in [0.29, 0.717) is 0 Å². The van der Waals surface area contributed by atoms with E-state index in [1.54, 1.807) is 0 Å². The van der Waals surface area contributed by atoms with Gasteiger partial charge in [-0.1, -0.05) is 33.6 Å². The van der Waals surface area contributed by atoms with Gasteiger partial charge in [-0.05, 0) is 49.5 Å². The van der Waals surface area contributed by atoms with E-state index < -0.39 is 0 Å². The average molecular weight is 252 g/mol. The van der Waals surface area contributed by atoms with Gasteiger partial charge in [-0.25, -0.2) is 0 Å². The second-order valence-corrected chi connectivity index (χ2v) is 6.97. The summed E-state index contributed by atoms with van der Waals surface area (Å²) in [6.07, 6.45) is 6.81. The minimum atomic E-state index is 0.872. The minimum Gasteiger partial charge on any atom is -0.330 e. The molecule has 2 aliphatic rings. The van der Waals surface area contributed by atoms with Crippen LogP contribution in [-0.4, -0.2) is 30.6 Å². The third kappa shape index (κ3) is 3.08. The van der Waals surface area contributed by atoms with E-state index in [-0.39, 0.29) is 0 Å². The molecule has 4 atom stereocenters. The summed E-state index contributed by atoms with van der Waals surface area (Å²) in [5.74, 6) is 3.73. The molecular formula is C16H32N2. The van der Waals surface area contributed by atoms with Gasteiger partial charge in [0, 0.05) is 19.1 Å². The lowest BCUT2D eigenvalue weighted by Crippen LogP contribution is -2.60. The summed E-state index contributed by atoms with van der Waals surface area (Å²) in [7, 11) is 0. The molecule has 4 unspecified atom stereocenters. The van der Waals surface area contributed by atoms with Crippen molar-refractivity contribution in [2.45, 2.75) is 58.9 Å². The molecule has 106 valence electrons. The van der Waals surface area contributed by atoms with Gasteiger partial charge in [-0.3, -0.25) is 4.90 Å². The Balaban J connectivity index is 1.81. The molecule has 2 nitrogen and oxygen atoms in total. The van der Waals surface area contributed by atoms with Crippen LogP contribution >= 0.6 is 0 Å². The third-order valence-electron chi connectivity index (χ3n) is 5.28. The first-order valence-corrected chi connectivity index (χ1v) is 8.09. The standard InChI is InChI=1S/C16H32N2/c1-4-5-14(6-7-17)9-15-13(3)8-16(15)18-10-12(2)11-18/h12-16H,4-11,17H2,1-3H3. The number of hydrogen-bond donors (Lipinski definition) is 1. The van der Waals surface area contributed by atoms with Crippen molar-refractivity contribution in [2.75, 3.05) is 19.6 Å². The second kappa shape index (κ2) is 6.38. The van der Waals surface area contributed by atoms with Crippen LogP contribution in [0.2, 0.25) is 0 Å². The Morgan fingerprint density at radius 1 is 1.22 bits per heavy atom. The van der Waals surface area contributed by atoms with E-state index in [9.17, 15) is 0 Å². The van der Waals surface area contributed by atoms with E-state index in [0.717, 1.165) is 36.3 Å². The molecule has 1 aliphatic heterocycles. The predicted octanol–water partition coefficient (Wildman–Crippen LogP) is 3.12. The zero-order valence-corrected chi connectivity index (χ0v) is 12.6. The summed E-state index contributed by atoms with van der Waals surface area (Å²) in [6, 6.07) is 0.910. The van der Waals surface area contributed by atoms with Crippen LogP contribution in [0.5, 0.6) is 0 Å². The van der Waals surface area contributed by atoms with Gasteiger partial charge in [0.15, 0.2) is 0 Å². The molecule has 0 amide bonds. The highest BCUT2D eigenvalue weighted by Crippen LogP contribution is 2.44. The molecule has 0 bridgehead atoms. The van der Waals surface area contributed by atoms with Crippen molar-refractivity contribution >= 4 is 0 Å². The first-order valence-electron chi connectivity index (χ1n) is 8.09. The number of nitrogens with zero attached hydrogens (tertiary/aromatic N) is 1. The van der Waals surface area contributed by atoms with Gasteiger partial charge in [-0.2, -0.15) is 0 Å². The second-order valence-electron chi connectivity index (χ2n) is 6.97. The van der Waals surface area contributed by atoms with Crippen LogP contribution < -0.4 is 5.73 Å². The smallest absolute Gasteiger partial charge is 0.0129 e. The van der Waals surface area contributed by atoms with Crippen LogP contribution in [0.3, 0.4) is 0 Å². The van der Waals surface area contributed by atoms with E-state index >= 15 is 0 Å². The Morgan fingerprint density at radius 2 is 1.94 bits per heavy atom. The summed E-state index contributed by atoms with van der Waals surface area (Å²) in [5.41, 5.74) is 5.77.